The molecule has 0 unspecified atom stereocenters. The van der Waals surface area contributed by atoms with Gasteiger partial charge in [0, 0.05) is 23.9 Å². The predicted molar refractivity (Wildman–Crippen MR) is 62.5 cm³/mol. The molecule has 2 heterocycles. The van der Waals surface area contributed by atoms with E-state index < -0.39 is 0 Å². The van der Waals surface area contributed by atoms with E-state index in [2.05, 4.69) is 31.3 Å². The van der Waals surface area contributed by atoms with Crippen molar-refractivity contribution >= 4 is 21.6 Å². The van der Waals surface area contributed by atoms with Crippen molar-refractivity contribution in [1.82, 2.24) is 14.8 Å². The Balaban J connectivity index is 1.99. The van der Waals surface area contributed by atoms with Crippen molar-refractivity contribution in [2.24, 2.45) is 7.05 Å². The van der Waals surface area contributed by atoms with Gasteiger partial charge in [0.25, 0.3) is 0 Å². The Labute approximate surface area is 96.5 Å². The summed E-state index contributed by atoms with van der Waals surface area (Å²) in [6.45, 7) is 0.707. The van der Waals surface area contributed by atoms with Crippen LogP contribution in [0.4, 0.5) is 5.69 Å². The lowest BCUT2D eigenvalue weighted by Crippen LogP contribution is -2.01. The van der Waals surface area contributed by atoms with Crippen molar-refractivity contribution in [1.29, 1.82) is 0 Å². The molecule has 0 spiro atoms. The first kappa shape index (κ1) is 10.2. The van der Waals surface area contributed by atoms with Crippen molar-refractivity contribution < 1.29 is 0 Å². The van der Waals surface area contributed by atoms with E-state index in [1.807, 2.05) is 25.4 Å². The first-order valence-electron chi connectivity index (χ1n) is 4.57. The van der Waals surface area contributed by atoms with Crippen molar-refractivity contribution in [2.75, 3.05) is 5.32 Å². The van der Waals surface area contributed by atoms with Crippen LogP contribution in [0, 0.1) is 0 Å². The van der Waals surface area contributed by atoms with E-state index in [9.17, 15) is 0 Å². The molecule has 0 saturated heterocycles. The molecular weight excluding hydrogens is 256 g/mol. The van der Waals surface area contributed by atoms with Crippen LogP contribution in [-0.4, -0.2) is 14.8 Å². The molecule has 0 amide bonds. The Morgan fingerprint density at radius 3 is 3.00 bits per heavy atom. The normalized spacial score (nSPS) is 10.3. The summed E-state index contributed by atoms with van der Waals surface area (Å²) in [5.41, 5.74) is 1.99. The van der Waals surface area contributed by atoms with Crippen molar-refractivity contribution in [2.45, 2.75) is 6.54 Å². The fourth-order valence-corrected chi connectivity index (χ4v) is 1.62. The van der Waals surface area contributed by atoms with E-state index in [0.717, 1.165) is 15.9 Å². The second-order valence-corrected chi connectivity index (χ2v) is 4.14. The molecule has 0 saturated carbocycles. The Hall–Kier alpha value is -1.36. The fourth-order valence-electron chi connectivity index (χ4n) is 1.26. The van der Waals surface area contributed by atoms with Crippen LogP contribution in [0.3, 0.4) is 0 Å². The van der Waals surface area contributed by atoms with Crippen LogP contribution < -0.4 is 5.32 Å². The number of aromatic nitrogens is 3. The zero-order valence-corrected chi connectivity index (χ0v) is 9.90. The summed E-state index contributed by atoms with van der Waals surface area (Å²) in [6.07, 6.45) is 5.47. The van der Waals surface area contributed by atoms with E-state index in [-0.39, 0.29) is 0 Å². The monoisotopic (exact) mass is 266 g/mol. The van der Waals surface area contributed by atoms with Crippen LogP contribution >= 0.6 is 15.9 Å². The molecule has 2 rings (SSSR count). The van der Waals surface area contributed by atoms with E-state index in [1.54, 1.807) is 17.1 Å². The molecule has 0 aliphatic heterocycles. The second kappa shape index (κ2) is 4.44. The highest BCUT2D eigenvalue weighted by Gasteiger charge is 1.97. The Kier molecular flexibility index (Phi) is 3.01. The molecule has 0 aliphatic carbocycles. The number of pyridine rings is 1. The van der Waals surface area contributed by atoms with E-state index in [0.29, 0.717) is 6.54 Å². The molecule has 0 aromatic carbocycles. The standard InChI is InChI=1S/C10H11BrN4/c1-15-3-2-9(14-15)7-13-10-4-8(11)5-12-6-10/h2-6,13H,7H2,1H3. The number of anilines is 1. The van der Waals surface area contributed by atoms with Crippen molar-refractivity contribution in [3.63, 3.8) is 0 Å². The highest BCUT2D eigenvalue weighted by Crippen LogP contribution is 2.14. The van der Waals surface area contributed by atoms with Gasteiger partial charge in [-0.3, -0.25) is 9.67 Å². The van der Waals surface area contributed by atoms with Crippen LogP contribution in [-0.2, 0) is 13.6 Å². The molecule has 5 heteroatoms. The summed E-state index contributed by atoms with van der Waals surface area (Å²) in [5.74, 6) is 0. The molecule has 0 atom stereocenters. The van der Waals surface area contributed by atoms with E-state index in [1.165, 1.54) is 0 Å². The highest BCUT2D eigenvalue weighted by molar-refractivity contribution is 9.10. The molecule has 2 aromatic heterocycles. The summed E-state index contributed by atoms with van der Waals surface area (Å²) in [4.78, 5) is 4.07. The summed E-state index contributed by atoms with van der Waals surface area (Å²) in [5, 5.41) is 7.52. The van der Waals surface area contributed by atoms with Crippen molar-refractivity contribution in [3.05, 3.63) is 40.9 Å². The minimum atomic E-state index is 0.707. The van der Waals surface area contributed by atoms with E-state index in [4.69, 9.17) is 0 Å². The molecule has 0 fully saturated rings. The molecule has 0 radical (unpaired) electrons. The van der Waals surface area contributed by atoms with Crippen LogP contribution in [0.2, 0.25) is 0 Å². The minimum absolute atomic E-state index is 0.707. The van der Waals surface area contributed by atoms with Gasteiger partial charge >= 0.3 is 0 Å². The molecule has 2 aromatic rings. The number of halogens is 1. The topological polar surface area (TPSA) is 42.7 Å². The lowest BCUT2D eigenvalue weighted by atomic mass is 10.4. The minimum Gasteiger partial charge on any atom is -0.378 e. The molecule has 0 bridgehead atoms. The van der Waals surface area contributed by atoms with Gasteiger partial charge < -0.3 is 5.32 Å². The maximum Gasteiger partial charge on any atom is 0.0815 e. The summed E-state index contributed by atoms with van der Waals surface area (Å²) in [6, 6.07) is 3.97. The summed E-state index contributed by atoms with van der Waals surface area (Å²) < 4.78 is 2.75. The number of aryl methyl sites for hydroxylation is 1. The van der Waals surface area contributed by atoms with Crippen LogP contribution in [0.1, 0.15) is 5.69 Å². The van der Waals surface area contributed by atoms with Gasteiger partial charge in [0.1, 0.15) is 0 Å². The van der Waals surface area contributed by atoms with Gasteiger partial charge in [-0.15, -0.1) is 0 Å². The van der Waals surface area contributed by atoms with Gasteiger partial charge in [-0.05, 0) is 28.1 Å². The number of nitrogens with one attached hydrogen (secondary N) is 1. The van der Waals surface area contributed by atoms with E-state index >= 15 is 0 Å². The molecule has 1 N–H and O–H groups in total. The Bertz CT molecular complexity index is 452. The lowest BCUT2D eigenvalue weighted by molar-refractivity contribution is 0.747. The molecule has 78 valence electrons. The van der Waals surface area contributed by atoms with Crippen LogP contribution in [0.5, 0.6) is 0 Å². The second-order valence-electron chi connectivity index (χ2n) is 3.23. The summed E-state index contributed by atoms with van der Waals surface area (Å²) >= 11 is 3.37. The third-order valence-corrected chi connectivity index (χ3v) is 2.38. The maximum absolute atomic E-state index is 4.27. The number of nitrogens with zero attached hydrogens (tertiary/aromatic N) is 3. The van der Waals surface area contributed by atoms with Crippen LogP contribution in [0.15, 0.2) is 35.2 Å². The lowest BCUT2D eigenvalue weighted by Gasteiger charge is -2.03. The summed E-state index contributed by atoms with van der Waals surface area (Å²) in [7, 11) is 1.91. The Morgan fingerprint density at radius 1 is 1.47 bits per heavy atom. The van der Waals surface area contributed by atoms with Gasteiger partial charge in [-0.2, -0.15) is 5.10 Å². The van der Waals surface area contributed by atoms with Gasteiger partial charge in [0.15, 0.2) is 0 Å². The van der Waals surface area contributed by atoms with Gasteiger partial charge in [-0.25, -0.2) is 0 Å². The first-order chi connectivity index (χ1) is 7.24. The fraction of sp³-hybridized carbons (Fsp3) is 0.200. The Morgan fingerprint density at radius 2 is 2.33 bits per heavy atom. The molecule has 4 nitrogen and oxygen atoms in total. The smallest absolute Gasteiger partial charge is 0.0815 e. The average Bonchev–Trinajstić information content (AvgIpc) is 2.62. The SMILES string of the molecule is Cn1ccc(CNc2cncc(Br)c2)n1. The molecule has 15 heavy (non-hydrogen) atoms. The number of hydrogen-bond donors (Lipinski definition) is 1. The zero-order chi connectivity index (χ0) is 10.7. The first-order valence-corrected chi connectivity index (χ1v) is 5.36. The average molecular weight is 267 g/mol. The predicted octanol–water partition coefficient (Wildman–Crippen LogP) is 2.19. The molecular formula is C10H11BrN4. The van der Waals surface area contributed by atoms with Gasteiger partial charge in [-0.1, -0.05) is 0 Å². The largest absolute Gasteiger partial charge is 0.378 e. The van der Waals surface area contributed by atoms with Gasteiger partial charge in [0.2, 0.25) is 0 Å². The van der Waals surface area contributed by atoms with Crippen molar-refractivity contribution in [3.8, 4) is 0 Å². The third kappa shape index (κ3) is 2.79. The van der Waals surface area contributed by atoms with Gasteiger partial charge in [0.05, 0.1) is 24.1 Å². The van der Waals surface area contributed by atoms with Crippen LogP contribution in [0.25, 0.3) is 0 Å². The quantitative estimate of drug-likeness (QED) is 0.926. The number of hydrogen-bond acceptors (Lipinski definition) is 3. The molecule has 0 aliphatic rings. The maximum atomic E-state index is 4.27. The third-order valence-electron chi connectivity index (χ3n) is 1.95. The highest BCUT2D eigenvalue weighted by atomic mass is 79.9. The zero-order valence-electron chi connectivity index (χ0n) is 8.31. The number of rotatable bonds is 3.